The van der Waals surface area contributed by atoms with Crippen molar-refractivity contribution in [1.29, 1.82) is 0 Å². The molecule has 16 heavy (non-hydrogen) atoms. The van der Waals surface area contributed by atoms with Crippen molar-refractivity contribution in [1.82, 2.24) is 9.97 Å². The summed E-state index contributed by atoms with van der Waals surface area (Å²) in [4.78, 5) is 8.82. The molecule has 0 aliphatic heterocycles. The largest absolute Gasteiger partial charge is 0.383 e. The number of benzene rings is 1. The average Bonchev–Trinajstić information content (AvgIpc) is 2.28. The van der Waals surface area contributed by atoms with Gasteiger partial charge in [0.2, 0.25) is 0 Å². The number of fused-ring (bicyclic) bond motifs is 1. The fraction of sp³-hybridized carbons (Fsp3) is 0.333. The van der Waals surface area contributed by atoms with Gasteiger partial charge in [-0.15, -0.1) is 0 Å². The second-order valence-corrected chi connectivity index (χ2v) is 4.37. The second kappa shape index (κ2) is 4.26. The molecule has 2 rings (SSSR count). The maximum absolute atomic E-state index is 5.91. The van der Waals surface area contributed by atoms with Crippen LogP contribution in [0.5, 0.6) is 0 Å². The molecule has 1 aromatic heterocycles. The summed E-state index contributed by atoms with van der Waals surface area (Å²) in [6.45, 7) is 4.20. The lowest BCUT2D eigenvalue weighted by Crippen LogP contribution is -2.04. The van der Waals surface area contributed by atoms with E-state index in [4.69, 9.17) is 17.3 Å². The Labute approximate surface area is 99.7 Å². The van der Waals surface area contributed by atoms with Crippen molar-refractivity contribution >= 4 is 28.3 Å². The fourth-order valence-corrected chi connectivity index (χ4v) is 1.72. The van der Waals surface area contributed by atoms with Crippen LogP contribution >= 0.6 is 11.6 Å². The monoisotopic (exact) mass is 235 g/mol. The van der Waals surface area contributed by atoms with Crippen molar-refractivity contribution in [2.24, 2.45) is 0 Å². The number of anilines is 1. The van der Waals surface area contributed by atoms with Crippen LogP contribution in [0, 0.1) is 0 Å². The van der Waals surface area contributed by atoms with Crippen LogP contribution in [-0.4, -0.2) is 9.97 Å². The highest BCUT2D eigenvalue weighted by atomic mass is 35.5. The molecule has 0 amide bonds. The van der Waals surface area contributed by atoms with Crippen molar-refractivity contribution in [3.63, 3.8) is 0 Å². The Bertz CT molecular complexity index is 525. The van der Waals surface area contributed by atoms with Crippen LogP contribution in [0.1, 0.15) is 32.0 Å². The Hall–Kier alpha value is -1.35. The van der Waals surface area contributed by atoms with Crippen molar-refractivity contribution in [3.8, 4) is 0 Å². The van der Waals surface area contributed by atoms with Gasteiger partial charge in [-0.05, 0) is 24.6 Å². The molecule has 4 heteroatoms. The van der Waals surface area contributed by atoms with Crippen LogP contribution in [0.2, 0.25) is 5.02 Å². The SMILES string of the molecule is CCC(C)c1nc(N)c2cc(Cl)ccc2n1. The van der Waals surface area contributed by atoms with Gasteiger partial charge in [-0.2, -0.15) is 0 Å². The zero-order chi connectivity index (χ0) is 11.7. The summed E-state index contributed by atoms with van der Waals surface area (Å²) in [7, 11) is 0. The van der Waals surface area contributed by atoms with E-state index in [1.807, 2.05) is 12.1 Å². The van der Waals surface area contributed by atoms with Gasteiger partial charge in [0.25, 0.3) is 0 Å². The number of aromatic nitrogens is 2. The van der Waals surface area contributed by atoms with E-state index in [1.54, 1.807) is 6.07 Å². The summed E-state index contributed by atoms with van der Waals surface area (Å²) in [5.74, 6) is 1.63. The number of hydrogen-bond donors (Lipinski definition) is 1. The molecule has 0 spiro atoms. The van der Waals surface area contributed by atoms with Gasteiger partial charge >= 0.3 is 0 Å². The van der Waals surface area contributed by atoms with Gasteiger partial charge in [0, 0.05) is 16.3 Å². The van der Waals surface area contributed by atoms with Crippen LogP contribution in [0.3, 0.4) is 0 Å². The molecule has 0 radical (unpaired) electrons. The third-order valence-electron chi connectivity index (χ3n) is 2.76. The second-order valence-electron chi connectivity index (χ2n) is 3.94. The Morgan fingerprint density at radius 3 is 2.81 bits per heavy atom. The van der Waals surface area contributed by atoms with Gasteiger partial charge in [0.05, 0.1) is 5.52 Å². The first kappa shape index (κ1) is 11.1. The van der Waals surface area contributed by atoms with Gasteiger partial charge < -0.3 is 5.73 Å². The molecule has 0 saturated heterocycles. The Morgan fingerprint density at radius 1 is 1.38 bits per heavy atom. The molecular weight excluding hydrogens is 222 g/mol. The first-order valence-electron chi connectivity index (χ1n) is 5.34. The average molecular weight is 236 g/mol. The Morgan fingerprint density at radius 2 is 2.12 bits per heavy atom. The predicted octanol–water partition coefficient (Wildman–Crippen LogP) is 3.38. The van der Waals surface area contributed by atoms with Gasteiger partial charge in [-0.25, -0.2) is 9.97 Å². The van der Waals surface area contributed by atoms with Crippen molar-refractivity contribution in [2.75, 3.05) is 5.73 Å². The Kier molecular flexibility index (Phi) is 2.97. The minimum Gasteiger partial charge on any atom is -0.383 e. The van der Waals surface area contributed by atoms with Crippen LogP contribution in [-0.2, 0) is 0 Å². The van der Waals surface area contributed by atoms with E-state index in [-0.39, 0.29) is 0 Å². The zero-order valence-corrected chi connectivity index (χ0v) is 10.1. The van der Waals surface area contributed by atoms with Crippen LogP contribution in [0.4, 0.5) is 5.82 Å². The van der Waals surface area contributed by atoms with E-state index >= 15 is 0 Å². The summed E-state index contributed by atoms with van der Waals surface area (Å²) < 4.78 is 0. The molecule has 1 atom stereocenters. The summed E-state index contributed by atoms with van der Waals surface area (Å²) in [6.07, 6.45) is 0.999. The zero-order valence-electron chi connectivity index (χ0n) is 9.37. The van der Waals surface area contributed by atoms with E-state index < -0.39 is 0 Å². The predicted molar refractivity (Wildman–Crippen MR) is 67.7 cm³/mol. The summed E-state index contributed by atoms with van der Waals surface area (Å²) in [5, 5.41) is 1.47. The highest BCUT2D eigenvalue weighted by Crippen LogP contribution is 2.24. The molecule has 0 aliphatic carbocycles. The van der Waals surface area contributed by atoms with Crippen LogP contribution in [0.15, 0.2) is 18.2 Å². The molecule has 84 valence electrons. The number of rotatable bonds is 2. The number of nitrogen functional groups attached to an aromatic ring is 1. The summed E-state index contributed by atoms with van der Waals surface area (Å²) >= 11 is 5.91. The van der Waals surface area contributed by atoms with E-state index in [1.165, 1.54) is 0 Å². The first-order chi connectivity index (χ1) is 7.61. The smallest absolute Gasteiger partial charge is 0.135 e. The Balaban J connectivity index is 2.63. The van der Waals surface area contributed by atoms with E-state index in [9.17, 15) is 0 Å². The fourth-order valence-electron chi connectivity index (χ4n) is 1.55. The maximum Gasteiger partial charge on any atom is 0.135 e. The number of hydrogen-bond acceptors (Lipinski definition) is 3. The van der Waals surface area contributed by atoms with E-state index in [2.05, 4.69) is 23.8 Å². The molecule has 2 N–H and O–H groups in total. The number of halogens is 1. The standard InChI is InChI=1S/C12H14ClN3/c1-3-7(2)12-15-10-5-4-8(13)6-9(10)11(14)16-12/h4-7H,3H2,1-2H3,(H2,14,15,16). The molecule has 1 unspecified atom stereocenters. The van der Waals surface area contributed by atoms with E-state index in [0.717, 1.165) is 23.1 Å². The molecule has 0 aliphatic rings. The third kappa shape index (κ3) is 1.95. The normalized spacial score (nSPS) is 12.9. The minimum absolute atomic E-state index is 0.322. The molecule has 0 bridgehead atoms. The topological polar surface area (TPSA) is 51.8 Å². The highest BCUT2D eigenvalue weighted by molar-refractivity contribution is 6.31. The minimum atomic E-state index is 0.322. The quantitative estimate of drug-likeness (QED) is 0.868. The number of nitrogens with zero attached hydrogens (tertiary/aromatic N) is 2. The van der Waals surface area contributed by atoms with Gasteiger partial charge in [0.15, 0.2) is 0 Å². The first-order valence-corrected chi connectivity index (χ1v) is 5.72. The summed E-state index contributed by atoms with van der Waals surface area (Å²) in [5.41, 5.74) is 6.76. The van der Waals surface area contributed by atoms with Crippen LogP contribution < -0.4 is 5.73 Å². The lowest BCUT2D eigenvalue weighted by molar-refractivity contribution is 0.684. The molecule has 2 aromatic rings. The molecule has 1 heterocycles. The lowest BCUT2D eigenvalue weighted by atomic mass is 10.1. The van der Waals surface area contributed by atoms with Gasteiger partial charge in [0.1, 0.15) is 11.6 Å². The molecule has 0 saturated carbocycles. The van der Waals surface area contributed by atoms with Crippen LogP contribution in [0.25, 0.3) is 10.9 Å². The van der Waals surface area contributed by atoms with E-state index in [0.29, 0.717) is 16.8 Å². The maximum atomic E-state index is 5.91. The van der Waals surface area contributed by atoms with Crippen molar-refractivity contribution in [2.45, 2.75) is 26.2 Å². The third-order valence-corrected chi connectivity index (χ3v) is 2.99. The van der Waals surface area contributed by atoms with Gasteiger partial charge in [-0.1, -0.05) is 25.4 Å². The molecular formula is C12H14ClN3. The number of nitrogens with two attached hydrogens (primary N) is 1. The lowest BCUT2D eigenvalue weighted by Gasteiger charge is -2.09. The van der Waals surface area contributed by atoms with Gasteiger partial charge in [-0.3, -0.25) is 0 Å². The highest BCUT2D eigenvalue weighted by Gasteiger charge is 2.10. The van der Waals surface area contributed by atoms with Crippen molar-refractivity contribution < 1.29 is 0 Å². The van der Waals surface area contributed by atoms with Crippen molar-refractivity contribution in [3.05, 3.63) is 29.0 Å². The molecule has 1 aromatic carbocycles. The molecule has 3 nitrogen and oxygen atoms in total. The summed E-state index contributed by atoms with van der Waals surface area (Å²) in [6, 6.07) is 5.49. The molecule has 0 fully saturated rings.